The zero-order valence-electron chi connectivity index (χ0n) is 64.0. The van der Waals surface area contributed by atoms with Gasteiger partial charge in [-0.05, 0) is 135 Å². The summed E-state index contributed by atoms with van der Waals surface area (Å²) in [5, 5.41) is 41.5. The molecule has 122 heavy (non-hydrogen) atoms. The lowest BCUT2D eigenvalue weighted by molar-refractivity contribution is 0.00578. The van der Waals surface area contributed by atoms with Crippen LogP contribution in [0.3, 0.4) is 0 Å². The normalized spacial score (nSPS) is 12.5. The molecule has 1 fully saturated rings. The number of halogens is 12. The lowest BCUT2D eigenvalue weighted by Crippen LogP contribution is -2.41. The average Bonchev–Trinajstić information content (AvgIpc) is 1.50. The van der Waals surface area contributed by atoms with Gasteiger partial charge in [0.15, 0.2) is 22.6 Å². The molecule has 0 radical (unpaired) electrons. The van der Waals surface area contributed by atoms with Crippen molar-refractivity contribution in [2.75, 3.05) is 5.73 Å². The van der Waals surface area contributed by atoms with E-state index in [1.807, 2.05) is 146 Å². The Morgan fingerprint density at radius 1 is 0.459 bits per heavy atom. The van der Waals surface area contributed by atoms with E-state index in [0.29, 0.717) is 64.8 Å². The Labute approximate surface area is 722 Å². The number of hydrogen-bond donors (Lipinski definition) is 5. The number of nitrogens with two attached hydrogens (primary N) is 2. The summed E-state index contributed by atoms with van der Waals surface area (Å²) in [6, 6.07) is 71.3. The topological polar surface area (TPSA) is 332 Å². The Kier molecular flexibility index (Phi) is 27.8. The highest BCUT2D eigenvalue weighted by Crippen LogP contribution is 2.45. The first-order valence-corrected chi connectivity index (χ1v) is 38.9. The number of carboxylic acid groups (broad SMARTS) is 1. The van der Waals surface area contributed by atoms with Crippen molar-refractivity contribution in [1.82, 2.24) is 74.8 Å². The number of aromatic amines is 2. The molecule has 0 spiro atoms. The van der Waals surface area contributed by atoms with Crippen LogP contribution in [0.4, 0.5) is 36.6 Å². The highest BCUT2D eigenvalue weighted by Gasteiger charge is 2.54. The fraction of sp³-hybridized carbons (Fsp3) is 0.0930. The minimum absolute atomic E-state index is 0.0314. The molecule has 0 aliphatic carbocycles. The quantitative estimate of drug-likeness (QED) is 0.0348. The van der Waals surface area contributed by atoms with Crippen LogP contribution in [0, 0.1) is 52.1 Å². The van der Waals surface area contributed by atoms with Crippen molar-refractivity contribution < 1.29 is 54.7 Å². The first-order valence-electron chi connectivity index (χ1n) is 36.2. The molecule has 11 aromatic heterocycles. The number of aromatic carboxylic acids is 1. The molecule has 23 nitrogen and oxygen atoms in total. The summed E-state index contributed by atoms with van der Waals surface area (Å²) in [6.07, 6.45) is 7.43. The van der Waals surface area contributed by atoms with Crippen molar-refractivity contribution in [3.63, 3.8) is 0 Å². The highest BCUT2D eigenvalue weighted by atomic mass is 79.9. The van der Waals surface area contributed by atoms with Gasteiger partial charge in [-0.15, -0.1) is 0 Å². The van der Waals surface area contributed by atoms with Gasteiger partial charge in [-0.2, -0.15) is 25.7 Å². The van der Waals surface area contributed by atoms with Crippen LogP contribution < -0.4 is 17.1 Å². The molecule has 7 N–H and O–H groups in total. The first kappa shape index (κ1) is 88.1. The molecule has 0 unspecified atom stereocenters. The fourth-order valence-corrected chi connectivity index (χ4v) is 14.1. The van der Waals surface area contributed by atoms with Crippen LogP contribution in [0.1, 0.15) is 87.4 Å². The third-order valence-electron chi connectivity index (χ3n) is 19.0. The van der Waals surface area contributed by atoms with Crippen LogP contribution in [-0.2, 0) is 20.4 Å². The Balaban J connectivity index is 0.000000142. The van der Waals surface area contributed by atoms with Crippen molar-refractivity contribution in [2.24, 2.45) is 5.73 Å². The number of amides is 1. The zero-order chi connectivity index (χ0) is 87.2. The number of fused-ring (bicyclic) bond motifs is 4. The highest BCUT2D eigenvalue weighted by molar-refractivity contribution is 9.10. The summed E-state index contributed by atoms with van der Waals surface area (Å²) in [5.74, 6) is -5.26. The molecule has 1 saturated heterocycles. The Morgan fingerprint density at radius 3 is 1.18 bits per heavy atom. The summed E-state index contributed by atoms with van der Waals surface area (Å²) in [6.45, 7) is 7.97. The van der Waals surface area contributed by atoms with E-state index in [1.165, 1.54) is 36.7 Å². The van der Waals surface area contributed by atoms with Gasteiger partial charge in [0.05, 0.1) is 87.4 Å². The van der Waals surface area contributed by atoms with Gasteiger partial charge in [-0.1, -0.05) is 217 Å². The molecular formula is C86H63BBr2Cl3F7N18O5. The van der Waals surface area contributed by atoms with Crippen LogP contribution in [0.5, 0.6) is 0 Å². The van der Waals surface area contributed by atoms with E-state index in [9.17, 15) is 40.3 Å². The van der Waals surface area contributed by atoms with E-state index < -0.39 is 76.2 Å². The van der Waals surface area contributed by atoms with Crippen molar-refractivity contribution in [1.29, 1.82) is 5.26 Å². The summed E-state index contributed by atoms with van der Waals surface area (Å²) in [4.78, 5) is 47.4. The minimum Gasteiger partial charge on any atom is -0.478 e. The number of primary amides is 1. The third-order valence-corrected chi connectivity index (χ3v) is 21.1. The van der Waals surface area contributed by atoms with E-state index in [1.54, 1.807) is 6.07 Å². The van der Waals surface area contributed by atoms with Gasteiger partial charge >= 0.3 is 13.1 Å². The van der Waals surface area contributed by atoms with Gasteiger partial charge < -0.3 is 25.9 Å². The Hall–Kier alpha value is -13.2. The number of carboxylic acids is 1. The molecular weight excluding hydrogens is 1780 g/mol. The zero-order valence-corrected chi connectivity index (χ0v) is 69.5. The third kappa shape index (κ3) is 19.3. The molecule has 6 aromatic carbocycles. The van der Waals surface area contributed by atoms with E-state index in [2.05, 4.69) is 160 Å². The molecule has 0 bridgehead atoms. The predicted molar refractivity (Wildman–Crippen MR) is 455 cm³/mol. The van der Waals surface area contributed by atoms with E-state index in [0.717, 1.165) is 82.6 Å². The van der Waals surface area contributed by atoms with Gasteiger partial charge in [-0.3, -0.25) is 15.0 Å². The van der Waals surface area contributed by atoms with Crippen molar-refractivity contribution in [3.8, 4) is 6.07 Å². The number of hydrogen-bond acceptors (Lipinski definition) is 17. The Morgan fingerprint density at radius 2 is 0.787 bits per heavy atom. The summed E-state index contributed by atoms with van der Waals surface area (Å²) >= 11 is 22.8. The number of rotatable bonds is 11. The molecule has 0 atom stereocenters. The molecule has 17 aromatic rings. The number of nitrogens with one attached hydrogen (secondary N) is 2. The standard InChI is InChI=1S/C31H29BFN3O2.C25H17BrFN3.C6H3BrFN3.C6H4ClFN2O.C6H2ClFN2.C6H3ClFNO2.C6H5FN4/c1-29(2)30(3,4)38-32(37-29)27-26-20-25(33)21-34-28(26)36(35-27)31(22-14-8-5-9-15-22,23-16-10-6-11-17-23)24-18-12-7-13-19-24;26-23-22-16-21(27)17-28-24(22)30(29-23)25(18-10-4-1-5-11-18,19-12-6-2-7-13-19)20-14-8-3-9-15-20;7-5-4-1-3(8)2-9-6(4)11-10-5;7-5-4(6(9)11)1-3(8)2-10-5;7-6-4(2-9)1-5(8)3-10-6;7-5-4(6(10)11)1-3(8)2-9-5;7-3-1-4-5(8)10-11-6(4)9-2-3/h5-21H,1-4H3;1-17H;1-2H,(H,9,10,11);1-2H,(H2,9,11);1,3H;1-2H,(H,10,11);1-2H,(H3,8,9,10,11). The fourth-order valence-electron chi connectivity index (χ4n) is 12.8. The number of H-pyrrole nitrogens is 2. The molecule has 1 aliphatic rings. The largest absolute Gasteiger partial charge is 0.517 e. The van der Waals surface area contributed by atoms with Gasteiger partial charge in [0.2, 0.25) is 0 Å². The summed E-state index contributed by atoms with van der Waals surface area (Å²) in [5.41, 5.74) is 15.7. The van der Waals surface area contributed by atoms with E-state index >= 15 is 0 Å². The number of aromatic nitrogens is 15. The molecule has 12 heterocycles. The molecule has 614 valence electrons. The van der Waals surface area contributed by atoms with Gasteiger partial charge in [0, 0.05) is 5.39 Å². The van der Waals surface area contributed by atoms with E-state index in [4.69, 9.17) is 76.1 Å². The van der Waals surface area contributed by atoms with Crippen LogP contribution >= 0.6 is 66.7 Å². The van der Waals surface area contributed by atoms with Crippen LogP contribution in [0.15, 0.2) is 277 Å². The van der Waals surface area contributed by atoms with Crippen LogP contribution in [-0.4, -0.2) is 110 Å². The Bertz CT molecular complexity index is 6270. The van der Waals surface area contributed by atoms with Gasteiger partial charge in [0.25, 0.3) is 5.91 Å². The lowest BCUT2D eigenvalue weighted by Gasteiger charge is -2.36. The number of nitriles is 1. The summed E-state index contributed by atoms with van der Waals surface area (Å²) in [7, 11) is -0.785. The number of carbonyl (C=O) groups excluding carboxylic acids is 1. The van der Waals surface area contributed by atoms with Gasteiger partial charge in [0.1, 0.15) is 93.9 Å². The second kappa shape index (κ2) is 38.5. The van der Waals surface area contributed by atoms with Crippen molar-refractivity contribution in [2.45, 2.75) is 50.0 Å². The maximum atomic E-state index is 14.7. The monoisotopic (exact) mass is 1830 g/mol. The average molecular weight is 1840 g/mol. The number of carbonyl (C=O) groups is 2. The number of nitrogens with zero attached hydrogens (tertiary/aromatic N) is 14. The number of benzene rings is 6. The predicted octanol–water partition coefficient (Wildman–Crippen LogP) is 18.7. The molecule has 36 heteroatoms. The first-order chi connectivity index (χ1) is 58.4. The van der Waals surface area contributed by atoms with Gasteiger partial charge in [-0.25, -0.2) is 79.8 Å². The van der Waals surface area contributed by atoms with Crippen molar-refractivity contribution >= 4 is 141 Å². The second-order valence-electron chi connectivity index (χ2n) is 27.2. The summed E-state index contributed by atoms with van der Waals surface area (Å²) < 4.78 is 109. The SMILES string of the molecule is CC1(C)OB(c2nn(C(c3ccccc3)(c3ccccc3)c3ccccc3)c3ncc(F)cc23)OC1(C)C.Fc1cnc2c(c1)c(Br)nn2C(c1ccccc1)(c1ccccc1)c1ccccc1.Fc1cnc2n[nH]c(Br)c2c1.N#Cc1cc(F)cnc1Cl.NC(=O)c1cc(F)cnc1Cl.Nc1[nH]nc2ncc(F)cc12.O=C(O)c1cc(F)cnc1Cl. The van der Waals surface area contributed by atoms with Crippen LogP contribution in [0.25, 0.3) is 44.1 Å². The van der Waals surface area contributed by atoms with Crippen molar-refractivity contribution in [3.05, 3.63) is 383 Å². The number of anilines is 1. The van der Waals surface area contributed by atoms with Crippen LogP contribution in [0.2, 0.25) is 15.5 Å². The molecule has 1 aliphatic heterocycles. The minimum atomic E-state index is -1.29. The molecule has 0 saturated carbocycles. The number of nitrogen functional groups attached to an aromatic ring is 1. The molecule has 1 amide bonds. The smallest absolute Gasteiger partial charge is 0.478 e. The number of pyridine rings is 7. The lowest BCUT2D eigenvalue weighted by atomic mass is 9.77. The maximum Gasteiger partial charge on any atom is 0.517 e. The molecule has 18 rings (SSSR count). The second-order valence-corrected chi connectivity index (χ2v) is 29.9. The van der Waals surface area contributed by atoms with E-state index in [-0.39, 0.29) is 38.0 Å². The maximum absolute atomic E-state index is 14.7.